The Bertz CT molecular complexity index is 305. The number of aryl methyl sites for hydroxylation is 1. The van der Waals surface area contributed by atoms with E-state index in [1.807, 2.05) is 25.0 Å². The smallest absolute Gasteiger partial charge is 0.0947 e. The maximum Gasteiger partial charge on any atom is 0.0947 e. The van der Waals surface area contributed by atoms with Gasteiger partial charge in [0.05, 0.1) is 24.7 Å². The van der Waals surface area contributed by atoms with Crippen molar-refractivity contribution in [2.24, 2.45) is 13.0 Å². The summed E-state index contributed by atoms with van der Waals surface area (Å²) in [6.45, 7) is 1.76. The lowest BCUT2D eigenvalue weighted by atomic mass is 9.92. The minimum atomic E-state index is 0.325. The number of imidazole rings is 1. The molecule has 0 aliphatic carbocycles. The summed E-state index contributed by atoms with van der Waals surface area (Å²) in [6, 6.07) is 0.325. The fraction of sp³-hybridized carbons (Fsp3) is 0.727. The Balaban J connectivity index is 2.08. The third-order valence-electron chi connectivity index (χ3n) is 3.02. The van der Waals surface area contributed by atoms with E-state index in [2.05, 4.69) is 16.5 Å². The van der Waals surface area contributed by atoms with Gasteiger partial charge in [-0.25, -0.2) is 4.98 Å². The van der Waals surface area contributed by atoms with Crippen LogP contribution in [0.25, 0.3) is 0 Å². The molecule has 1 saturated heterocycles. The van der Waals surface area contributed by atoms with Crippen LogP contribution in [0.3, 0.4) is 0 Å². The summed E-state index contributed by atoms with van der Waals surface area (Å²) in [5.41, 5.74) is 1.12. The minimum absolute atomic E-state index is 0.325. The molecule has 15 heavy (non-hydrogen) atoms. The van der Waals surface area contributed by atoms with Crippen molar-refractivity contribution in [3.05, 3.63) is 18.2 Å². The van der Waals surface area contributed by atoms with E-state index < -0.39 is 0 Å². The van der Waals surface area contributed by atoms with Gasteiger partial charge in [-0.05, 0) is 19.9 Å². The zero-order valence-corrected chi connectivity index (χ0v) is 9.44. The predicted octanol–water partition coefficient (Wildman–Crippen LogP) is 1.11. The highest BCUT2D eigenvalue weighted by atomic mass is 16.5. The lowest BCUT2D eigenvalue weighted by Crippen LogP contribution is -2.31. The topological polar surface area (TPSA) is 39.1 Å². The van der Waals surface area contributed by atoms with Crippen molar-refractivity contribution in [1.82, 2.24) is 14.9 Å². The van der Waals surface area contributed by atoms with E-state index >= 15 is 0 Å². The fourth-order valence-electron chi connectivity index (χ4n) is 2.25. The van der Waals surface area contributed by atoms with Crippen LogP contribution in [0.15, 0.2) is 12.5 Å². The predicted molar refractivity (Wildman–Crippen MR) is 58.6 cm³/mol. The number of hydrogen-bond acceptors (Lipinski definition) is 3. The number of nitrogens with zero attached hydrogens (tertiary/aromatic N) is 2. The second-order valence-corrected chi connectivity index (χ2v) is 4.21. The van der Waals surface area contributed by atoms with E-state index in [1.165, 1.54) is 6.42 Å². The van der Waals surface area contributed by atoms with Crippen LogP contribution in [0.5, 0.6) is 0 Å². The summed E-state index contributed by atoms with van der Waals surface area (Å²) in [6.07, 6.45) is 6.32. The molecule has 0 bridgehead atoms. The number of rotatable bonds is 3. The molecule has 0 radical (unpaired) electrons. The first-order chi connectivity index (χ1) is 7.31. The van der Waals surface area contributed by atoms with Gasteiger partial charge in [0.2, 0.25) is 0 Å². The molecule has 1 fully saturated rings. The van der Waals surface area contributed by atoms with Gasteiger partial charge in [0.25, 0.3) is 0 Å². The van der Waals surface area contributed by atoms with Crippen molar-refractivity contribution in [2.45, 2.75) is 18.9 Å². The summed E-state index contributed by atoms with van der Waals surface area (Å²) in [7, 11) is 3.99. The average Bonchev–Trinajstić information content (AvgIpc) is 2.68. The van der Waals surface area contributed by atoms with Crippen molar-refractivity contribution in [3.63, 3.8) is 0 Å². The van der Waals surface area contributed by atoms with E-state index in [-0.39, 0.29) is 0 Å². The van der Waals surface area contributed by atoms with Gasteiger partial charge in [-0.15, -0.1) is 0 Å². The maximum absolute atomic E-state index is 5.52. The highest BCUT2D eigenvalue weighted by Gasteiger charge is 2.25. The van der Waals surface area contributed by atoms with E-state index in [1.54, 1.807) is 0 Å². The molecular formula is C11H19N3O. The van der Waals surface area contributed by atoms with Crippen molar-refractivity contribution in [3.8, 4) is 0 Å². The van der Waals surface area contributed by atoms with Gasteiger partial charge in [-0.2, -0.15) is 0 Å². The quantitative estimate of drug-likeness (QED) is 0.810. The molecule has 0 spiro atoms. The maximum atomic E-state index is 5.52. The molecule has 1 aromatic rings. The lowest BCUT2D eigenvalue weighted by Gasteiger charge is -2.28. The SMILES string of the molecule is CNC(c1cn(C)cn1)C1CCCOC1. The van der Waals surface area contributed by atoms with E-state index in [9.17, 15) is 0 Å². The number of hydrogen-bond donors (Lipinski definition) is 1. The first kappa shape index (κ1) is 10.6. The van der Waals surface area contributed by atoms with Gasteiger partial charge in [0, 0.05) is 25.8 Å². The molecule has 2 rings (SSSR count). The normalized spacial score (nSPS) is 24.0. The average molecular weight is 209 g/mol. The Morgan fingerprint density at radius 2 is 2.53 bits per heavy atom. The van der Waals surface area contributed by atoms with Crippen molar-refractivity contribution >= 4 is 0 Å². The summed E-state index contributed by atoms with van der Waals surface area (Å²) < 4.78 is 7.51. The Kier molecular flexibility index (Phi) is 3.38. The van der Waals surface area contributed by atoms with Crippen molar-refractivity contribution < 1.29 is 4.74 Å². The number of ether oxygens (including phenoxy) is 1. The summed E-state index contributed by atoms with van der Waals surface area (Å²) in [4.78, 5) is 4.41. The van der Waals surface area contributed by atoms with Crippen LogP contribution >= 0.6 is 0 Å². The molecule has 0 aromatic carbocycles. The van der Waals surface area contributed by atoms with E-state index in [4.69, 9.17) is 4.74 Å². The highest BCUT2D eigenvalue weighted by Crippen LogP contribution is 2.27. The molecule has 84 valence electrons. The van der Waals surface area contributed by atoms with Gasteiger partial charge in [0.1, 0.15) is 0 Å². The molecule has 1 aromatic heterocycles. The molecule has 0 saturated carbocycles. The van der Waals surface area contributed by atoms with Crippen LogP contribution in [0, 0.1) is 5.92 Å². The molecule has 4 heteroatoms. The second-order valence-electron chi connectivity index (χ2n) is 4.21. The monoisotopic (exact) mass is 209 g/mol. The van der Waals surface area contributed by atoms with Crippen LogP contribution in [0.1, 0.15) is 24.6 Å². The molecule has 1 aliphatic rings. The molecule has 0 amide bonds. The van der Waals surface area contributed by atoms with Gasteiger partial charge in [-0.3, -0.25) is 0 Å². The van der Waals surface area contributed by atoms with Crippen molar-refractivity contribution in [1.29, 1.82) is 0 Å². The van der Waals surface area contributed by atoms with E-state index in [0.717, 1.165) is 25.3 Å². The third kappa shape index (κ3) is 2.38. The van der Waals surface area contributed by atoms with Gasteiger partial charge in [0.15, 0.2) is 0 Å². The Morgan fingerprint density at radius 3 is 3.07 bits per heavy atom. The molecule has 1 N–H and O–H groups in total. The zero-order chi connectivity index (χ0) is 10.7. The van der Waals surface area contributed by atoms with Gasteiger partial charge in [-0.1, -0.05) is 0 Å². The van der Waals surface area contributed by atoms with Gasteiger partial charge >= 0.3 is 0 Å². The van der Waals surface area contributed by atoms with Crippen molar-refractivity contribution in [2.75, 3.05) is 20.3 Å². The van der Waals surface area contributed by atoms with Crippen LogP contribution in [0.4, 0.5) is 0 Å². The molecule has 1 aliphatic heterocycles. The minimum Gasteiger partial charge on any atom is -0.381 e. The Labute approximate surface area is 90.6 Å². The van der Waals surface area contributed by atoms with E-state index in [0.29, 0.717) is 12.0 Å². The molecule has 2 heterocycles. The first-order valence-corrected chi connectivity index (χ1v) is 5.54. The molecule has 4 nitrogen and oxygen atoms in total. The van der Waals surface area contributed by atoms with Crippen LogP contribution in [-0.2, 0) is 11.8 Å². The first-order valence-electron chi connectivity index (χ1n) is 5.54. The van der Waals surface area contributed by atoms with Crippen LogP contribution < -0.4 is 5.32 Å². The standard InChI is InChI=1S/C11H19N3O/c1-12-11(9-4-3-5-15-7-9)10-6-14(2)8-13-10/h6,8-9,11-12H,3-5,7H2,1-2H3. The molecular weight excluding hydrogens is 190 g/mol. The molecule has 2 atom stereocenters. The summed E-state index contributed by atoms with van der Waals surface area (Å²) in [5.74, 6) is 0.554. The zero-order valence-electron chi connectivity index (χ0n) is 9.44. The largest absolute Gasteiger partial charge is 0.381 e. The molecule has 2 unspecified atom stereocenters. The highest BCUT2D eigenvalue weighted by molar-refractivity contribution is 5.05. The number of nitrogens with one attached hydrogen (secondary N) is 1. The second kappa shape index (κ2) is 4.77. The summed E-state index contributed by atoms with van der Waals surface area (Å²) >= 11 is 0. The third-order valence-corrected chi connectivity index (χ3v) is 3.02. The summed E-state index contributed by atoms with van der Waals surface area (Å²) in [5, 5.41) is 3.35. The Hall–Kier alpha value is -0.870. The van der Waals surface area contributed by atoms with Crippen LogP contribution in [0.2, 0.25) is 0 Å². The Morgan fingerprint density at radius 1 is 1.67 bits per heavy atom. The van der Waals surface area contributed by atoms with Crippen LogP contribution in [-0.4, -0.2) is 29.8 Å². The number of aromatic nitrogens is 2. The fourth-order valence-corrected chi connectivity index (χ4v) is 2.25. The van der Waals surface area contributed by atoms with Gasteiger partial charge < -0.3 is 14.6 Å². The lowest BCUT2D eigenvalue weighted by molar-refractivity contribution is 0.0396.